The zero-order valence-corrected chi connectivity index (χ0v) is 12.3. The Kier molecular flexibility index (Phi) is 4.18. The maximum absolute atomic E-state index is 6.20. The normalized spacial score (nSPS) is 37.8. The summed E-state index contributed by atoms with van der Waals surface area (Å²) in [6.45, 7) is 6.88. The molecule has 0 aliphatic carbocycles. The Morgan fingerprint density at radius 2 is 2.17 bits per heavy atom. The third-order valence-corrected chi connectivity index (χ3v) is 5.77. The largest absolute Gasteiger partial charge is 0.375 e. The van der Waals surface area contributed by atoms with Crippen molar-refractivity contribution in [1.82, 2.24) is 10.2 Å². The second-order valence-corrected chi connectivity index (χ2v) is 7.37. The van der Waals surface area contributed by atoms with Crippen LogP contribution in [0.2, 0.25) is 0 Å². The highest BCUT2D eigenvalue weighted by atomic mass is 32.2. The molecule has 3 aliphatic heterocycles. The molecule has 0 aromatic heterocycles. The predicted molar refractivity (Wildman–Crippen MR) is 77.3 cm³/mol. The molecule has 2 atom stereocenters. The number of hydrogen-bond acceptors (Lipinski definition) is 4. The summed E-state index contributed by atoms with van der Waals surface area (Å²) in [5.41, 5.74) is 0.238. The van der Waals surface area contributed by atoms with Crippen LogP contribution >= 0.6 is 11.8 Å². The first-order chi connectivity index (χ1) is 8.77. The van der Waals surface area contributed by atoms with Gasteiger partial charge in [-0.1, -0.05) is 0 Å². The zero-order valence-electron chi connectivity index (χ0n) is 11.5. The van der Waals surface area contributed by atoms with Gasteiger partial charge in [0.25, 0.3) is 0 Å². The fourth-order valence-corrected chi connectivity index (χ4v) is 4.94. The molecule has 0 amide bonds. The Balaban J connectivity index is 1.62. The molecular formula is C14H26N2OS. The SMILES string of the molecule is CC1CN(C2CCOC3(CCSCC3)C2)CCN1. The van der Waals surface area contributed by atoms with Crippen LogP contribution in [0.5, 0.6) is 0 Å². The lowest BCUT2D eigenvalue weighted by molar-refractivity contribution is -0.112. The Morgan fingerprint density at radius 3 is 2.94 bits per heavy atom. The van der Waals surface area contributed by atoms with Gasteiger partial charge in [0.1, 0.15) is 0 Å². The lowest BCUT2D eigenvalue weighted by atomic mass is 9.84. The topological polar surface area (TPSA) is 24.5 Å². The van der Waals surface area contributed by atoms with E-state index in [9.17, 15) is 0 Å². The minimum atomic E-state index is 0.238. The second-order valence-electron chi connectivity index (χ2n) is 6.14. The van der Waals surface area contributed by atoms with E-state index in [-0.39, 0.29) is 5.60 Å². The number of thioether (sulfide) groups is 1. The zero-order chi connectivity index (χ0) is 12.4. The molecule has 2 unspecified atom stereocenters. The van der Waals surface area contributed by atoms with Gasteiger partial charge < -0.3 is 10.1 Å². The highest BCUT2D eigenvalue weighted by Crippen LogP contribution is 2.38. The molecule has 0 aromatic carbocycles. The van der Waals surface area contributed by atoms with Gasteiger partial charge in [0.15, 0.2) is 0 Å². The Morgan fingerprint density at radius 1 is 1.33 bits per heavy atom. The molecule has 0 bridgehead atoms. The first kappa shape index (κ1) is 13.2. The van der Waals surface area contributed by atoms with Crippen molar-refractivity contribution in [1.29, 1.82) is 0 Å². The number of hydrogen-bond donors (Lipinski definition) is 1. The summed E-state index contributed by atoms with van der Waals surface area (Å²) in [6, 6.07) is 1.42. The first-order valence-corrected chi connectivity index (χ1v) is 8.62. The van der Waals surface area contributed by atoms with Crippen LogP contribution in [0, 0.1) is 0 Å². The van der Waals surface area contributed by atoms with Crippen LogP contribution in [0.4, 0.5) is 0 Å². The van der Waals surface area contributed by atoms with Crippen molar-refractivity contribution in [2.45, 2.75) is 50.3 Å². The third-order valence-electron chi connectivity index (χ3n) is 4.79. The van der Waals surface area contributed by atoms with Gasteiger partial charge in [-0.3, -0.25) is 4.90 Å². The van der Waals surface area contributed by atoms with Gasteiger partial charge in [-0.2, -0.15) is 11.8 Å². The van der Waals surface area contributed by atoms with Crippen LogP contribution in [0.25, 0.3) is 0 Å². The van der Waals surface area contributed by atoms with Gasteiger partial charge >= 0.3 is 0 Å². The molecule has 0 radical (unpaired) electrons. The van der Waals surface area contributed by atoms with Crippen LogP contribution in [-0.2, 0) is 4.74 Å². The summed E-state index contributed by atoms with van der Waals surface area (Å²) in [4.78, 5) is 2.72. The maximum Gasteiger partial charge on any atom is 0.0713 e. The van der Waals surface area contributed by atoms with Crippen molar-refractivity contribution >= 4 is 11.8 Å². The van der Waals surface area contributed by atoms with E-state index in [1.165, 1.54) is 50.3 Å². The molecule has 0 aromatic rings. The molecule has 1 N–H and O–H groups in total. The molecular weight excluding hydrogens is 244 g/mol. The molecule has 3 heterocycles. The quantitative estimate of drug-likeness (QED) is 0.784. The van der Waals surface area contributed by atoms with Crippen LogP contribution < -0.4 is 5.32 Å². The maximum atomic E-state index is 6.20. The van der Waals surface area contributed by atoms with Crippen molar-refractivity contribution in [2.24, 2.45) is 0 Å². The summed E-state index contributed by atoms with van der Waals surface area (Å²) in [5, 5.41) is 3.55. The van der Waals surface area contributed by atoms with E-state index in [2.05, 4.69) is 28.9 Å². The first-order valence-electron chi connectivity index (χ1n) is 7.47. The molecule has 3 aliphatic rings. The minimum absolute atomic E-state index is 0.238. The van der Waals surface area contributed by atoms with Gasteiger partial charge in [-0.15, -0.1) is 0 Å². The fraction of sp³-hybridized carbons (Fsp3) is 1.00. The molecule has 18 heavy (non-hydrogen) atoms. The number of rotatable bonds is 1. The highest BCUT2D eigenvalue weighted by molar-refractivity contribution is 7.99. The molecule has 3 rings (SSSR count). The van der Waals surface area contributed by atoms with Crippen LogP contribution in [-0.4, -0.2) is 60.3 Å². The molecule has 0 saturated carbocycles. The molecule has 4 heteroatoms. The fourth-order valence-electron chi connectivity index (χ4n) is 3.70. The average molecular weight is 270 g/mol. The summed E-state index contributed by atoms with van der Waals surface area (Å²) in [5.74, 6) is 2.59. The Hall–Kier alpha value is 0.230. The number of piperazine rings is 1. The number of nitrogens with zero attached hydrogens (tertiary/aromatic N) is 1. The third kappa shape index (κ3) is 2.87. The monoisotopic (exact) mass is 270 g/mol. The summed E-state index contributed by atoms with van der Waals surface area (Å²) >= 11 is 2.10. The van der Waals surface area contributed by atoms with Crippen molar-refractivity contribution in [3.05, 3.63) is 0 Å². The average Bonchev–Trinajstić information content (AvgIpc) is 2.40. The molecule has 104 valence electrons. The molecule has 3 saturated heterocycles. The minimum Gasteiger partial charge on any atom is -0.375 e. The van der Waals surface area contributed by atoms with Crippen LogP contribution in [0.15, 0.2) is 0 Å². The van der Waals surface area contributed by atoms with Crippen LogP contribution in [0.1, 0.15) is 32.6 Å². The van der Waals surface area contributed by atoms with Gasteiger partial charge in [-0.05, 0) is 44.1 Å². The van der Waals surface area contributed by atoms with E-state index >= 15 is 0 Å². The molecule has 1 spiro atoms. The second kappa shape index (κ2) is 5.70. The van der Waals surface area contributed by atoms with Crippen LogP contribution in [0.3, 0.4) is 0 Å². The van der Waals surface area contributed by atoms with E-state index in [4.69, 9.17) is 4.74 Å². The van der Waals surface area contributed by atoms with Crippen molar-refractivity contribution in [3.63, 3.8) is 0 Å². The van der Waals surface area contributed by atoms with Gasteiger partial charge in [0, 0.05) is 38.3 Å². The van der Waals surface area contributed by atoms with Crippen molar-refractivity contribution in [2.75, 3.05) is 37.7 Å². The van der Waals surface area contributed by atoms with Crippen molar-refractivity contribution in [3.8, 4) is 0 Å². The highest BCUT2D eigenvalue weighted by Gasteiger charge is 2.40. The smallest absolute Gasteiger partial charge is 0.0713 e. The van der Waals surface area contributed by atoms with E-state index in [0.717, 1.165) is 19.2 Å². The van der Waals surface area contributed by atoms with Gasteiger partial charge in [-0.25, -0.2) is 0 Å². The summed E-state index contributed by atoms with van der Waals surface area (Å²) in [7, 11) is 0. The number of nitrogens with one attached hydrogen (secondary N) is 1. The van der Waals surface area contributed by atoms with Gasteiger partial charge in [0.05, 0.1) is 5.60 Å². The summed E-state index contributed by atoms with van der Waals surface area (Å²) in [6.07, 6.45) is 5.06. The van der Waals surface area contributed by atoms with E-state index < -0.39 is 0 Å². The Bertz CT molecular complexity index is 275. The predicted octanol–water partition coefficient (Wildman–Crippen LogP) is 1.72. The van der Waals surface area contributed by atoms with E-state index in [1.54, 1.807) is 0 Å². The van der Waals surface area contributed by atoms with Crippen molar-refractivity contribution < 1.29 is 4.74 Å². The lowest BCUT2D eigenvalue weighted by Gasteiger charge is -2.48. The number of ether oxygens (including phenoxy) is 1. The van der Waals surface area contributed by atoms with E-state index in [0.29, 0.717) is 6.04 Å². The molecule has 3 nitrogen and oxygen atoms in total. The Labute approximate surface area is 115 Å². The lowest BCUT2D eigenvalue weighted by Crippen LogP contribution is -2.57. The van der Waals surface area contributed by atoms with E-state index in [1.807, 2.05) is 0 Å². The summed E-state index contributed by atoms with van der Waals surface area (Å²) < 4.78 is 6.20. The van der Waals surface area contributed by atoms with Gasteiger partial charge in [0.2, 0.25) is 0 Å². The standard InChI is InChI=1S/C14H26N2OS/c1-12-11-16(6-5-15-12)13-2-7-17-14(10-13)3-8-18-9-4-14/h12-13,15H,2-11H2,1H3. The molecule has 3 fully saturated rings.